The van der Waals surface area contributed by atoms with Gasteiger partial charge in [0.25, 0.3) is 0 Å². The summed E-state index contributed by atoms with van der Waals surface area (Å²) in [5, 5.41) is 11.5. The summed E-state index contributed by atoms with van der Waals surface area (Å²) in [4.78, 5) is 10.8. The van der Waals surface area contributed by atoms with E-state index in [1.165, 1.54) is 6.92 Å². The van der Waals surface area contributed by atoms with Crippen molar-refractivity contribution in [3.8, 4) is 5.75 Å². The highest BCUT2D eigenvalue weighted by Crippen LogP contribution is 2.22. The van der Waals surface area contributed by atoms with Crippen LogP contribution in [0.3, 0.4) is 0 Å². The Morgan fingerprint density at radius 1 is 1.53 bits per heavy atom. The lowest BCUT2D eigenvalue weighted by Crippen LogP contribution is -2.06. The number of aliphatic hydroxyl groups is 1. The van der Waals surface area contributed by atoms with Crippen LogP contribution in [0.4, 0.5) is 5.69 Å². The molecule has 1 rings (SSSR count). The quantitative estimate of drug-likeness (QED) is 0.783. The number of carbonyl (C=O) groups is 1. The maximum atomic E-state index is 10.8. The summed E-state index contributed by atoms with van der Waals surface area (Å²) >= 11 is 0. The molecule has 0 saturated heterocycles. The molecule has 2 N–H and O–H groups in total. The zero-order chi connectivity index (χ0) is 11.3. The zero-order valence-electron chi connectivity index (χ0n) is 8.91. The van der Waals surface area contributed by atoms with Crippen molar-refractivity contribution in [1.82, 2.24) is 0 Å². The van der Waals surface area contributed by atoms with E-state index in [1.54, 1.807) is 25.3 Å². The fourth-order valence-electron chi connectivity index (χ4n) is 1.38. The van der Waals surface area contributed by atoms with Crippen LogP contribution in [0.2, 0.25) is 0 Å². The molecule has 0 radical (unpaired) electrons. The van der Waals surface area contributed by atoms with Gasteiger partial charge < -0.3 is 15.2 Å². The fourth-order valence-corrected chi connectivity index (χ4v) is 1.38. The number of hydrogen-bond acceptors (Lipinski definition) is 3. The highest BCUT2D eigenvalue weighted by molar-refractivity contribution is 5.88. The Hall–Kier alpha value is -1.55. The molecule has 0 aliphatic carbocycles. The third-order valence-corrected chi connectivity index (χ3v) is 1.98. The Morgan fingerprint density at radius 3 is 2.80 bits per heavy atom. The number of anilines is 1. The minimum Gasteiger partial charge on any atom is -0.496 e. The highest BCUT2D eigenvalue weighted by Gasteiger charge is 2.04. The fraction of sp³-hybridized carbons (Fsp3) is 0.364. The van der Waals surface area contributed by atoms with Crippen molar-refractivity contribution in [1.29, 1.82) is 0 Å². The Labute approximate surface area is 88.9 Å². The van der Waals surface area contributed by atoms with Crippen LogP contribution in [0.25, 0.3) is 0 Å². The number of amides is 1. The second-order valence-corrected chi connectivity index (χ2v) is 3.18. The lowest BCUT2D eigenvalue weighted by atomic mass is 10.1. The summed E-state index contributed by atoms with van der Waals surface area (Å²) in [7, 11) is 1.58. The van der Waals surface area contributed by atoms with Gasteiger partial charge in [-0.15, -0.1) is 0 Å². The molecule has 82 valence electrons. The van der Waals surface area contributed by atoms with E-state index >= 15 is 0 Å². The molecule has 15 heavy (non-hydrogen) atoms. The molecule has 1 amide bonds. The number of hydrogen-bond donors (Lipinski definition) is 2. The van der Waals surface area contributed by atoms with E-state index in [-0.39, 0.29) is 12.5 Å². The van der Waals surface area contributed by atoms with Crippen molar-refractivity contribution in [3.63, 3.8) is 0 Å². The topological polar surface area (TPSA) is 58.6 Å². The number of rotatable bonds is 4. The summed E-state index contributed by atoms with van der Waals surface area (Å²) in [5.74, 6) is 0.605. The van der Waals surface area contributed by atoms with E-state index in [1.807, 2.05) is 0 Å². The van der Waals surface area contributed by atoms with Gasteiger partial charge in [0.15, 0.2) is 0 Å². The van der Waals surface area contributed by atoms with Crippen molar-refractivity contribution >= 4 is 11.6 Å². The molecule has 0 fully saturated rings. The molecule has 0 aromatic heterocycles. The average Bonchev–Trinajstić information content (AvgIpc) is 2.18. The van der Waals surface area contributed by atoms with Crippen molar-refractivity contribution < 1.29 is 14.6 Å². The predicted octanol–water partition coefficient (Wildman–Crippen LogP) is 1.19. The normalized spacial score (nSPS) is 9.80. The summed E-state index contributed by atoms with van der Waals surface area (Å²) < 4.78 is 5.13. The average molecular weight is 209 g/mol. The maximum absolute atomic E-state index is 10.8. The summed E-state index contributed by atoms with van der Waals surface area (Å²) in [5.41, 5.74) is 1.60. The largest absolute Gasteiger partial charge is 0.496 e. The van der Waals surface area contributed by atoms with Gasteiger partial charge in [0.2, 0.25) is 5.91 Å². The molecule has 1 aromatic carbocycles. The summed E-state index contributed by atoms with van der Waals surface area (Å²) in [6.07, 6.45) is 0.511. The van der Waals surface area contributed by atoms with E-state index in [2.05, 4.69) is 5.32 Å². The van der Waals surface area contributed by atoms with Crippen LogP contribution in [0.5, 0.6) is 5.75 Å². The summed E-state index contributed by atoms with van der Waals surface area (Å²) in [6.45, 7) is 1.51. The molecule has 0 atom stereocenters. The van der Waals surface area contributed by atoms with E-state index in [0.29, 0.717) is 12.1 Å². The minimum absolute atomic E-state index is 0.0554. The Balaban J connectivity index is 2.93. The highest BCUT2D eigenvalue weighted by atomic mass is 16.5. The molecule has 4 heteroatoms. The number of nitrogens with one attached hydrogen (secondary N) is 1. The second-order valence-electron chi connectivity index (χ2n) is 3.18. The molecule has 0 aliphatic rings. The van der Waals surface area contributed by atoms with Crippen LogP contribution < -0.4 is 10.1 Å². The van der Waals surface area contributed by atoms with E-state index in [9.17, 15) is 4.79 Å². The standard InChI is InChI=1S/C11H15NO3/c1-8(14)12-10-3-4-11(15-2)9(7-10)5-6-13/h3-4,7,13H,5-6H2,1-2H3,(H,12,14). The molecular weight excluding hydrogens is 194 g/mol. The number of methoxy groups -OCH3 is 1. The van der Waals surface area contributed by atoms with Gasteiger partial charge in [-0.05, 0) is 30.2 Å². The number of aliphatic hydroxyl groups excluding tert-OH is 1. The first kappa shape index (κ1) is 11.5. The third-order valence-electron chi connectivity index (χ3n) is 1.98. The second kappa shape index (κ2) is 5.36. The van der Waals surface area contributed by atoms with Gasteiger partial charge in [0, 0.05) is 19.2 Å². The van der Waals surface area contributed by atoms with E-state index in [0.717, 1.165) is 11.3 Å². The molecule has 0 bridgehead atoms. The first-order valence-corrected chi connectivity index (χ1v) is 4.72. The lowest BCUT2D eigenvalue weighted by molar-refractivity contribution is -0.114. The number of carbonyl (C=O) groups excluding carboxylic acids is 1. The SMILES string of the molecule is COc1ccc(NC(C)=O)cc1CCO. The van der Waals surface area contributed by atoms with Crippen molar-refractivity contribution in [2.75, 3.05) is 19.0 Å². The van der Waals surface area contributed by atoms with Crippen LogP contribution in [0.1, 0.15) is 12.5 Å². The lowest BCUT2D eigenvalue weighted by Gasteiger charge is -2.09. The van der Waals surface area contributed by atoms with Crippen LogP contribution >= 0.6 is 0 Å². The van der Waals surface area contributed by atoms with Crippen molar-refractivity contribution in [2.45, 2.75) is 13.3 Å². The molecule has 0 spiro atoms. The number of ether oxygens (including phenoxy) is 1. The molecule has 4 nitrogen and oxygen atoms in total. The van der Waals surface area contributed by atoms with Gasteiger partial charge in [-0.1, -0.05) is 0 Å². The van der Waals surface area contributed by atoms with Crippen LogP contribution in [-0.2, 0) is 11.2 Å². The van der Waals surface area contributed by atoms with Crippen LogP contribution in [-0.4, -0.2) is 24.7 Å². The Bertz CT molecular complexity index is 350. The van der Waals surface area contributed by atoms with Crippen molar-refractivity contribution in [2.24, 2.45) is 0 Å². The zero-order valence-corrected chi connectivity index (χ0v) is 8.91. The van der Waals surface area contributed by atoms with E-state index < -0.39 is 0 Å². The van der Waals surface area contributed by atoms with Gasteiger partial charge in [0.1, 0.15) is 5.75 Å². The Kier molecular flexibility index (Phi) is 4.12. The van der Waals surface area contributed by atoms with Gasteiger partial charge in [-0.25, -0.2) is 0 Å². The molecule has 1 aromatic rings. The van der Waals surface area contributed by atoms with Gasteiger partial charge in [-0.3, -0.25) is 4.79 Å². The van der Waals surface area contributed by atoms with Gasteiger partial charge >= 0.3 is 0 Å². The first-order chi connectivity index (χ1) is 7.17. The molecule has 0 saturated carbocycles. The number of benzene rings is 1. The van der Waals surface area contributed by atoms with Crippen molar-refractivity contribution in [3.05, 3.63) is 23.8 Å². The maximum Gasteiger partial charge on any atom is 0.221 e. The van der Waals surface area contributed by atoms with Crippen LogP contribution in [0, 0.1) is 0 Å². The van der Waals surface area contributed by atoms with Gasteiger partial charge in [-0.2, -0.15) is 0 Å². The minimum atomic E-state index is -0.116. The molecule has 0 unspecified atom stereocenters. The molecule has 0 heterocycles. The molecular formula is C11H15NO3. The third kappa shape index (κ3) is 3.25. The van der Waals surface area contributed by atoms with Crippen LogP contribution in [0.15, 0.2) is 18.2 Å². The summed E-state index contributed by atoms with van der Waals surface area (Å²) in [6, 6.07) is 5.34. The van der Waals surface area contributed by atoms with E-state index in [4.69, 9.17) is 9.84 Å². The smallest absolute Gasteiger partial charge is 0.221 e. The predicted molar refractivity (Wildman–Crippen MR) is 58.1 cm³/mol. The van der Waals surface area contributed by atoms with Gasteiger partial charge in [0.05, 0.1) is 7.11 Å². The monoisotopic (exact) mass is 209 g/mol. The molecule has 0 aliphatic heterocycles. The first-order valence-electron chi connectivity index (χ1n) is 4.72. The Morgan fingerprint density at radius 2 is 2.27 bits per heavy atom.